The largest absolute Gasteiger partial charge is 0.469 e. The Labute approximate surface area is 139 Å². The van der Waals surface area contributed by atoms with Crippen molar-refractivity contribution in [3.8, 4) is 0 Å². The zero-order chi connectivity index (χ0) is 17.2. The molecule has 0 radical (unpaired) electrons. The maximum atomic E-state index is 12.5. The van der Waals surface area contributed by atoms with E-state index in [2.05, 4.69) is 38.1 Å². The van der Waals surface area contributed by atoms with Crippen LogP contribution in [0.1, 0.15) is 44.2 Å². The molecule has 0 aromatic heterocycles. The van der Waals surface area contributed by atoms with Gasteiger partial charge < -0.3 is 9.64 Å². The van der Waals surface area contributed by atoms with Crippen LogP contribution in [-0.2, 0) is 20.7 Å². The lowest BCUT2D eigenvalue weighted by Gasteiger charge is -2.25. The Bertz CT molecular complexity index is 496. The zero-order valence-electron chi connectivity index (χ0n) is 14.8. The van der Waals surface area contributed by atoms with Crippen LogP contribution in [0.3, 0.4) is 0 Å². The molecule has 1 aromatic rings. The summed E-state index contributed by atoms with van der Waals surface area (Å²) in [6.45, 7) is 7.08. The van der Waals surface area contributed by atoms with Crippen LogP contribution in [0.4, 0.5) is 0 Å². The van der Waals surface area contributed by atoms with Crippen LogP contribution in [-0.4, -0.2) is 37.0 Å². The summed E-state index contributed by atoms with van der Waals surface area (Å²) in [5, 5.41) is 0. The van der Waals surface area contributed by atoms with Crippen molar-refractivity contribution >= 4 is 11.9 Å². The predicted molar refractivity (Wildman–Crippen MR) is 92.2 cm³/mol. The van der Waals surface area contributed by atoms with Crippen molar-refractivity contribution in [1.82, 2.24) is 4.90 Å². The van der Waals surface area contributed by atoms with Gasteiger partial charge in [-0.05, 0) is 25.3 Å². The van der Waals surface area contributed by atoms with Gasteiger partial charge in [0.2, 0.25) is 5.91 Å². The topological polar surface area (TPSA) is 46.6 Å². The molecule has 1 unspecified atom stereocenters. The number of esters is 1. The van der Waals surface area contributed by atoms with Gasteiger partial charge in [0, 0.05) is 19.5 Å². The average Bonchev–Trinajstić information content (AvgIpc) is 2.56. The van der Waals surface area contributed by atoms with E-state index in [0.717, 1.165) is 19.3 Å². The van der Waals surface area contributed by atoms with Crippen LogP contribution >= 0.6 is 0 Å². The van der Waals surface area contributed by atoms with Crippen molar-refractivity contribution in [3.05, 3.63) is 35.4 Å². The molecule has 0 bridgehead atoms. The van der Waals surface area contributed by atoms with Gasteiger partial charge in [-0.3, -0.25) is 9.59 Å². The second kappa shape index (κ2) is 10.0. The van der Waals surface area contributed by atoms with Crippen molar-refractivity contribution < 1.29 is 14.3 Å². The molecule has 0 fully saturated rings. The maximum absolute atomic E-state index is 12.5. The molecule has 0 spiro atoms. The summed E-state index contributed by atoms with van der Waals surface area (Å²) in [5.74, 6) is -0.451. The molecule has 0 saturated carbocycles. The minimum atomic E-state index is -0.291. The Balaban J connectivity index is 2.59. The first-order valence-corrected chi connectivity index (χ1v) is 8.39. The highest BCUT2D eigenvalue weighted by Crippen LogP contribution is 2.10. The van der Waals surface area contributed by atoms with Gasteiger partial charge in [-0.2, -0.15) is 0 Å². The Morgan fingerprint density at radius 1 is 1.22 bits per heavy atom. The smallest absolute Gasteiger partial charge is 0.310 e. The number of amides is 1. The highest BCUT2D eigenvalue weighted by atomic mass is 16.5. The number of hydrogen-bond acceptors (Lipinski definition) is 3. The second-order valence-electron chi connectivity index (χ2n) is 6.10. The minimum absolute atomic E-state index is 0.106. The number of aryl methyl sites for hydroxylation is 2. The summed E-state index contributed by atoms with van der Waals surface area (Å²) in [6.07, 6.45) is 3.17. The Morgan fingerprint density at radius 2 is 1.87 bits per heavy atom. The highest BCUT2D eigenvalue weighted by molar-refractivity contribution is 5.78. The zero-order valence-corrected chi connectivity index (χ0v) is 14.8. The molecule has 1 amide bonds. The number of benzene rings is 1. The van der Waals surface area contributed by atoms with E-state index in [1.54, 1.807) is 11.8 Å². The number of unbranched alkanes of at least 4 members (excludes halogenated alkanes) is 1. The molecule has 0 aliphatic rings. The summed E-state index contributed by atoms with van der Waals surface area (Å²) in [5.41, 5.74) is 2.39. The number of carbonyl (C=O) groups excluding carboxylic acids is 2. The third-order valence-electron chi connectivity index (χ3n) is 3.98. The lowest BCUT2D eigenvalue weighted by Crippen LogP contribution is -2.38. The van der Waals surface area contributed by atoms with Crippen LogP contribution in [0.5, 0.6) is 0 Å². The van der Waals surface area contributed by atoms with Gasteiger partial charge in [0.1, 0.15) is 0 Å². The summed E-state index contributed by atoms with van der Waals surface area (Å²) in [4.78, 5) is 25.9. The standard InChI is InChI=1S/C19H29NO3/c1-5-6-13-20(14-16(3)19(22)23-4)18(21)12-11-17-9-7-15(2)8-10-17/h7-10,16H,5-6,11-14H2,1-4H3. The van der Waals surface area contributed by atoms with E-state index in [4.69, 9.17) is 4.74 Å². The summed E-state index contributed by atoms with van der Waals surface area (Å²) in [7, 11) is 1.38. The fraction of sp³-hybridized carbons (Fsp3) is 0.579. The molecule has 1 aromatic carbocycles. The Hall–Kier alpha value is -1.84. The van der Waals surface area contributed by atoms with Gasteiger partial charge in [0.15, 0.2) is 0 Å². The van der Waals surface area contributed by atoms with Gasteiger partial charge in [-0.1, -0.05) is 50.1 Å². The number of rotatable bonds is 9. The van der Waals surface area contributed by atoms with Crippen LogP contribution in [0.25, 0.3) is 0 Å². The molecule has 23 heavy (non-hydrogen) atoms. The number of nitrogens with zero attached hydrogens (tertiary/aromatic N) is 1. The van der Waals surface area contributed by atoms with Gasteiger partial charge >= 0.3 is 5.97 Å². The third-order valence-corrected chi connectivity index (χ3v) is 3.98. The SMILES string of the molecule is CCCCN(CC(C)C(=O)OC)C(=O)CCc1ccc(C)cc1. The number of hydrogen-bond donors (Lipinski definition) is 0. The van der Waals surface area contributed by atoms with Crippen molar-refractivity contribution in [1.29, 1.82) is 0 Å². The summed E-state index contributed by atoms with van der Waals surface area (Å²) < 4.78 is 4.76. The Morgan fingerprint density at radius 3 is 2.43 bits per heavy atom. The summed E-state index contributed by atoms with van der Waals surface area (Å²) >= 11 is 0. The summed E-state index contributed by atoms with van der Waals surface area (Å²) in [6, 6.07) is 8.26. The molecule has 0 N–H and O–H groups in total. The van der Waals surface area contributed by atoms with E-state index in [0.29, 0.717) is 19.5 Å². The Kier molecular flexibility index (Phi) is 8.38. The van der Waals surface area contributed by atoms with Crippen molar-refractivity contribution in [2.75, 3.05) is 20.2 Å². The maximum Gasteiger partial charge on any atom is 0.310 e. The van der Waals surface area contributed by atoms with E-state index in [1.165, 1.54) is 18.2 Å². The van der Waals surface area contributed by atoms with E-state index in [9.17, 15) is 9.59 Å². The molecule has 128 valence electrons. The molecule has 0 saturated heterocycles. The van der Waals surface area contributed by atoms with Crippen LogP contribution in [0.2, 0.25) is 0 Å². The second-order valence-corrected chi connectivity index (χ2v) is 6.10. The van der Waals surface area contributed by atoms with Crippen molar-refractivity contribution in [2.24, 2.45) is 5.92 Å². The van der Waals surface area contributed by atoms with Gasteiger partial charge in [0.05, 0.1) is 13.0 Å². The van der Waals surface area contributed by atoms with E-state index in [1.807, 2.05) is 0 Å². The van der Waals surface area contributed by atoms with Crippen molar-refractivity contribution in [2.45, 2.75) is 46.5 Å². The molecule has 1 rings (SSSR count). The highest BCUT2D eigenvalue weighted by Gasteiger charge is 2.20. The van der Waals surface area contributed by atoms with E-state index >= 15 is 0 Å². The first-order valence-electron chi connectivity index (χ1n) is 8.39. The number of methoxy groups -OCH3 is 1. The lowest BCUT2D eigenvalue weighted by molar-refractivity contribution is -0.146. The first-order chi connectivity index (χ1) is 11.0. The van der Waals surface area contributed by atoms with Crippen LogP contribution < -0.4 is 0 Å². The lowest BCUT2D eigenvalue weighted by atomic mass is 10.1. The first kappa shape index (κ1) is 19.2. The average molecular weight is 319 g/mol. The molecule has 1 atom stereocenters. The molecule has 0 aliphatic carbocycles. The predicted octanol–water partition coefficient (Wildman–Crippen LogP) is 3.37. The molecule has 4 heteroatoms. The van der Waals surface area contributed by atoms with Gasteiger partial charge in [0.25, 0.3) is 0 Å². The quantitative estimate of drug-likeness (QED) is 0.656. The number of carbonyl (C=O) groups is 2. The van der Waals surface area contributed by atoms with Crippen LogP contribution in [0.15, 0.2) is 24.3 Å². The van der Waals surface area contributed by atoms with E-state index < -0.39 is 0 Å². The monoisotopic (exact) mass is 319 g/mol. The molecule has 0 aliphatic heterocycles. The molecular weight excluding hydrogens is 290 g/mol. The molecule has 4 nitrogen and oxygen atoms in total. The fourth-order valence-electron chi connectivity index (χ4n) is 2.44. The molecular formula is C19H29NO3. The third kappa shape index (κ3) is 6.85. The van der Waals surface area contributed by atoms with Gasteiger partial charge in [-0.15, -0.1) is 0 Å². The van der Waals surface area contributed by atoms with Crippen LogP contribution in [0, 0.1) is 12.8 Å². The fourth-order valence-corrected chi connectivity index (χ4v) is 2.44. The normalized spacial score (nSPS) is 11.8. The van der Waals surface area contributed by atoms with Gasteiger partial charge in [-0.25, -0.2) is 0 Å². The van der Waals surface area contributed by atoms with E-state index in [-0.39, 0.29) is 17.8 Å². The van der Waals surface area contributed by atoms with Crippen molar-refractivity contribution in [3.63, 3.8) is 0 Å². The number of ether oxygens (including phenoxy) is 1. The minimum Gasteiger partial charge on any atom is -0.469 e. The molecule has 0 heterocycles.